The minimum absolute atomic E-state index is 0.00217. The van der Waals surface area contributed by atoms with E-state index in [0.29, 0.717) is 30.9 Å². The summed E-state index contributed by atoms with van der Waals surface area (Å²) in [5, 5.41) is 7.80. The Morgan fingerprint density at radius 1 is 1.20 bits per heavy atom. The number of hydrogen-bond donors (Lipinski definition) is 2. The van der Waals surface area contributed by atoms with Crippen molar-refractivity contribution in [1.82, 2.24) is 20.1 Å². The summed E-state index contributed by atoms with van der Waals surface area (Å²) in [5.74, 6) is -0.451. The van der Waals surface area contributed by atoms with Gasteiger partial charge in [-0.2, -0.15) is 0 Å². The van der Waals surface area contributed by atoms with Crippen molar-refractivity contribution in [3.63, 3.8) is 0 Å². The number of piperazine rings is 1. The largest absolute Gasteiger partial charge is 0.447 e. The highest BCUT2D eigenvalue weighted by Gasteiger charge is 2.26. The molecule has 0 radical (unpaired) electrons. The van der Waals surface area contributed by atoms with Gasteiger partial charge in [0.15, 0.2) is 0 Å². The van der Waals surface area contributed by atoms with Gasteiger partial charge in [-0.05, 0) is 42.8 Å². The molecule has 4 rings (SSSR count). The van der Waals surface area contributed by atoms with Crippen molar-refractivity contribution in [3.8, 4) is 0 Å². The molecule has 1 aromatic heterocycles. The third-order valence-corrected chi connectivity index (χ3v) is 7.68. The maximum Gasteiger partial charge on any atom is 0.412 e. The van der Waals surface area contributed by atoms with E-state index in [2.05, 4.69) is 15.6 Å². The van der Waals surface area contributed by atoms with Crippen LogP contribution in [-0.2, 0) is 20.7 Å². The monoisotopic (exact) mass is 583 g/mol. The normalized spacial score (nSPS) is 15.8. The number of fused-ring (bicyclic) bond motifs is 1. The second-order valence-electron chi connectivity index (χ2n) is 10.2. The van der Waals surface area contributed by atoms with Gasteiger partial charge in [-0.15, -0.1) is 0 Å². The molecule has 2 aromatic carbocycles. The number of nitrogens with one attached hydrogen (secondary N) is 2. The summed E-state index contributed by atoms with van der Waals surface area (Å²) < 4.78 is 19.3. The lowest BCUT2D eigenvalue weighted by atomic mass is 10.1. The number of nitrogens with zero attached hydrogens (tertiary/aromatic N) is 3. The van der Waals surface area contributed by atoms with Gasteiger partial charge in [-0.25, -0.2) is 14.2 Å². The highest BCUT2D eigenvalue weighted by Crippen LogP contribution is 2.22. The van der Waals surface area contributed by atoms with E-state index in [1.165, 1.54) is 11.0 Å². The van der Waals surface area contributed by atoms with E-state index in [9.17, 15) is 18.8 Å². The highest BCUT2D eigenvalue weighted by atomic mass is 35.5. The number of amides is 3. The van der Waals surface area contributed by atoms with Crippen molar-refractivity contribution in [1.29, 1.82) is 0 Å². The molecule has 11 heteroatoms. The van der Waals surface area contributed by atoms with Crippen molar-refractivity contribution in [2.45, 2.75) is 44.7 Å². The SMILES string of the molecule is C[C@@H]1CN(C(=O)CC[C@@H](COC(=O)Nc2cc3ccccc3cn2)N(C)C(=O)CCc2cccc(F)c2Cl)CCN1. The first-order chi connectivity index (χ1) is 19.7. The van der Waals surface area contributed by atoms with Gasteiger partial charge >= 0.3 is 6.09 Å². The van der Waals surface area contributed by atoms with Gasteiger partial charge in [0.05, 0.1) is 11.1 Å². The second kappa shape index (κ2) is 14.2. The van der Waals surface area contributed by atoms with Crippen molar-refractivity contribution in [2.24, 2.45) is 0 Å². The van der Waals surface area contributed by atoms with E-state index in [-0.39, 0.29) is 48.7 Å². The number of anilines is 1. The van der Waals surface area contributed by atoms with E-state index < -0.39 is 18.0 Å². The lowest BCUT2D eigenvalue weighted by molar-refractivity contribution is -0.136. The lowest BCUT2D eigenvalue weighted by Crippen LogP contribution is -2.51. The molecule has 1 aliphatic heterocycles. The topological polar surface area (TPSA) is 104 Å². The van der Waals surface area contributed by atoms with Crippen LogP contribution in [-0.4, -0.2) is 78.1 Å². The first-order valence-corrected chi connectivity index (χ1v) is 14.1. The number of carbonyl (C=O) groups excluding carboxylic acids is 3. The molecule has 1 aliphatic rings. The van der Waals surface area contributed by atoms with Gasteiger partial charge in [0.1, 0.15) is 18.2 Å². The predicted molar refractivity (Wildman–Crippen MR) is 156 cm³/mol. The van der Waals surface area contributed by atoms with Crippen LogP contribution in [0.5, 0.6) is 0 Å². The van der Waals surface area contributed by atoms with E-state index in [0.717, 1.165) is 17.3 Å². The Bertz CT molecular complexity index is 1390. The van der Waals surface area contributed by atoms with Crippen LogP contribution in [0.1, 0.15) is 31.7 Å². The summed E-state index contributed by atoms with van der Waals surface area (Å²) in [4.78, 5) is 46.2. The van der Waals surface area contributed by atoms with E-state index in [1.807, 2.05) is 36.1 Å². The average Bonchev–Trinajstić information content (AvgIpc) is 2.97. The van der Waals surface area contributed by atoms with E-state index in [1.54, 1.807) is 31.4 Å². The number of halogens is 2. The summed E-state index contributed by atoms with van der Waals surface area (Å²) in [7, 11) is 1.61. The number of aryl methyl sites for hydroxylation is 1. The fraction of sp³-hybridized carbons (Fsp3) is 0.400. The Morgan fingerprint density at radius 2 is 1.98 bits per heavy atom. The molecule has 41 heavy (non-hydrogen) atoms. The molecule has 0 unspecified atom stereocenters. The molecule has 218 valence electrons. The fourth-order valence-electron chi connectivity index (χ4n) is 4.82. The van der Waals surface area contributed by atoms with Crippen molar-refractivity contribution in [3.05, 3.63) is 71.1 Å². The Labute approximate surface area is 244 Å². The molecule has 0 aliphatic carbocycles. The molecule has 2 heterocycles. The van der Waals surface area contributed by atoms with Gasteiger partial charge < -0.3 is 19.9 Å². The summed E-state index contributed by atoms with van der Waals surface area (Å²) in [6.45, 7) is 3.87. The summed E-state index contributed by atoms with van der Waals surface area (Å²) in [6, 6.07) is 13.5. The zero-order valence-electron chi connectivity index (χ0n) is 23.2. The molecule has 0 saturated carbocycles. The maximum absolute atomic E-state index is 13.8. The number of hydrogen-bond acceptors (Lipinski definition) is 6. The average molecular weight is 584 g/mol. The minimum atomic E-state index is -0.715. The Kier molecular flexibility index (Phi) is 10.5. The summed E-state index contributed by atoms with van der Waals surface area (Å²) in [5.41, 5.74) is 0.534. The predicted octanol–water partition coefficient (Wildman–Crippen LogP) is 4.64. The first-order valence-electron chi connectivity index (χ1n) is 13.7. The van der Waals surface area contributed by atoms with Crippen molar-refractivity contribution >= 4 is 46.1 Å². The number of benzene rings is 2. The molecule has 9 nitrogen and oxygen atoms in total. The first kappa shape index (κ1) is 30.2. The number of likely N-dealkylation sites (N-methyl/N-ethyl adjacent to an activating group) is 1. The van der Waals surface area contributed by atoms with Crippen LogP contribution >= 0.6 is 11.6 Å². The van der Waals surface area contributed by atoms with E-state index in [4.69, 9.17) is 16.3 Å². The quantitative estimate of drug-likeness (QED) is 0.360. The maximum atomic E-state index is 13.8. The van der Waals surface area contributed by atoms with Crippen molar-refractivity contribution < 1.29 is 23.5 Å². The highest BCUT2D eigenvalue weighted by molar-refractivity contribution is 6.31. The number of carbonyl (C=O) groups is 3. The third kappa shape index (κ3) is 8.37. The molecule has 1 saturated heterocycles. The van der Waals surface area contributed by atoms with Gasteiger partial charge in [0, 0.05) is 57.1 Å². The zero-order valence-corrected chi connectivity index (χ0v) is 24.0. The van der Waals surface area contributed by atoms with Crippen LogP contribution < -0.4 is 10.6 Å². The summed E-state index contributed by atoms with van der Waals surface area (Å²) in [6.07, 6.45) is 1.77. The summed E-state index contributed by atoms with van der Waals surface area (Å²) >= 11 is 6.05. The molecule has 0 bridgehead atoms. The number of rotatable bonds is 10. The second-order valence-corrected chi connectivity index (χ2v) is 10.6. The van der Waals surface area contributed by atoms with Crippen LogP contribution in [0, 0.1) is 5.82 Å². The van der Waals surface area contributed by atoms with Gasteiger partial charge in [0.25, 0.3) is 0 Å². The minimum Gasteiger partial charge on any atom is -0.447 e. The van der Waals surface area contributed by atoms with Crippen molar-refractivity contribution in [2.75, 3.05) is 38.6 Å². The smallest absolute Gasteiger partial charge is 0.412 e. The molecule has 0 spiro atoms. The Hall–Kier alpha value is -3.76. The van der Waals surface area contributed by atoms with E-state index >= 15 is 0 Å². The molecule has 2 N–H and O–H groups in total. The molecule has 3 amide bonds. The lowest BCUT2D eigenvalue weighted by Gasteiger charge is -2.33. The Balaban J connectivity index is 1.38. The van der Waals surface area contributed by atoms with Crippen LogP contribution in [0.15, 0.2) is 54.7 Å². The molecule has 1 fully saturated rings. The van der Waals surface area contributed by atoms with Gasteiger partial charge in [0.2, 0.25) is 11.8 Å². The van der Waals surface area contributed by atoms with Crippen LogP contribution in [0.3, 0.4) is 0 Å². The fourth-order valence-corrected chi connectivity index (χ4v) is 5.04. The number of aromatic nitrogens is 1. The standard InChI is InChI=1S/C30H35ClFN5O4/c1-20-18-37(15-14-33-20)28(39)13-11-24(36(2)27(38)12-10-21-8-5-9-25(32)29(21)31)19-41-30(40)35-26-16-22-6-3-4-7-23(22)17-34-26/h3-9,16-17,20,24,33H,10-15,18-19H2,1-2H3,(H,34,35,40)/t20-,24+/m1/s1. The molecule has 2 atom stereocenters. The number of pyridine rings is 1. The van der Waals surface area contributed by atoms with Gasteiger partial charge in [-0.3, -0.25) is 14.9 Å². The van der Waals surface area contributed by atoms with Gasteiger partial charge in [-0.1, -0.05) is 48.0 Å². The molecule has 3 aromatic rings. The third-order valence-electron chi connectivity index (χ3n) is 7.26. The molecular formula is C30H35ClFN5O4. The Morgan fingerprint density at radius 3 is 2.76 bits per heavy atom. The van der Waals surface area contributed by atoms with Crippen LogP contribution in [0.4, 0.5) is 15.0 Å². The van der Waals surface area contributed by atoms with Crippen LogP contribution in [0.2, 0.25) is 5.02 Å². The number of ether oxygens (including phenoxy) is 1. The van der Waals surface area contributed by atoms with Crippen LogP contribution in [0.25, 0.3) is 10.8 Å². The zero-order chi connectivity index (χ0) is 29.4. The molecular weight excluding hydrogens is 549 g/mol.